The minimum atomic E-state index is -3.48. The third kappa shape index (κ3) is 4.50. The molecule has 3 heterocycles. The van der Waals surface area contributed by atoms with E-state index in [1.54, 1.807) is 18.3 Å². The number of carbonyl (C=O) groups is 1. The van der Waals surface area contributed by atoms with Crippen LogP contribution in [0.25, 0.3) is 11.4 Å². The normalized spacial score (nSPS) is 16.4. The monoisotopic (exact) mass is 479 g/mol. The molecular weight excluding hydrogens is 450 g/mol. The van der Waals surface area contributed by atoms with Crippen LogP contribution < -0.4 is 5.32 Å². The van der Waals surface area contributed by atoms with E-state index in [0.29, 0.717) is 31.7 Å². The molecule has 1 fully saturated rings. The predicted molar refractivity (Wildman–Crippen MR) is 129 cm³/mol. The molecule has 3 aromatic rings. The first kappa shape index (κ1) is 22.7. The van der Waals surface area contributed by atoms with Crippen molar-refractivity contribution in [3.63, 3.8) is 0 Å². The molecule has 8 nitrogen and oxygen atoms in total. The van der Waals surface area contributed by atoms with Crippen LogP contribution in [0.15, 0.2) is 53.6 Å². The van der Waals surface area contributed by atoms with E-state index in [4.69, 9.17) is 5.10 Å². The number of hydrogen-bond acceptors (Lipinski definition) is 5. The molecule has 34 heavy (non-hydrogen) atoms. The Morgan fingerprint density at radius 3 is 2.47 bits per heavy atom. The van der Waals surface area contributed by atoms with Gasteiger partial charge < -0.3 is 5.32 Å². The zero-order chi connectivity index (χ0) is 23.5. The highest BCUT2D eigenvalue weighted by Gasteiger charge is 2.27. The molecule has 1 amide bonds. The van der Waals surface area contributed by atoms with Gasteiger partial charge in [-0.1, -0.05) is 6.07 Å². The van der Waals surface area contributed by atoms with Gasteiger partial charge in [0.1, 0.15) is 5.69 Å². The fourth-order valence-corrected chi connectivity index (χ4v) is 6.31. The molecule has 1 aliphatic carbocycles. The van der Waals surface area contributed by atoms with Gasteiger partial charge in [0.05, 0.1) is 17.1 Å². The van der Waals surface area contributed by atoms with Gasteiger partial charge >= 0.3 is 0 Å². The molecule has 1 aromatic carbocycles. The van der Waals surface area contributed by atoms with Gasteiger partial charge in [0, 0.05) is 42.7 Å². The first-order chi connectivity index (χ1) is 16.5. The highest BCUT2D eigenvalue weighted by molar-refractivity contribution is 7.89. The van der Waals surface area contributed by atoms with Gasteiger partial charge in [0.15, 0.2) is 0 Å². The molecule has 5 rings (SSSR count). The van der Waals surface area contributed by atoms with E-state index in [-0.39, 0.29) is 10.8 Å². The number of pyridine rings is 1. The van der Waals surface area contributed by atoms with Crippen LogP contribution in [0.3, 0.4) is 0 Å². The first-order valence-corrected chi connectivity index (χ1v) is 13.4. The van der Waals surface area contributed by atoms with Crippen molar-refractivity contribution >= 4 is 15.9 Å². The fraction of sp³-hybridized carbons (Fsp3) is 0.400. The number of sulfonamides is 1. The van der Waals surface area contributed by atoms with Gasteiger partial charge in [-0.25, -0.2) is 8.42 Å². The first-order valence-electron chi connectivity index (χ1n) is 11.9. The Kier molecular flexibility index (Phi) is 6.47. The maximum absolute atomic E-state index is 12.7. The Morgan fingerprint density at radius 1 is 0.971 bits per heavy atom. The SMILES string of the molecule is O=C(NCCn1nc(-c2ccccn2)c2c1CCCC2)c1ccc(S(=O)(=O)N2CCCC2)cc1. The minimum absolute atomic E-state index is 0.226. The smallest absolute Gasteiger partial charge is 0.251 e. The van der Waals surface area contributed by atoms with Crippen molar-refractivity contribution in [1.82, 2.24) is 24.4 Å². The molecule has 0 bridgehead atoms. The topological polar surface area (TPSA) is 97.2 Å². The average molecular weight is 480 g/mol. The third-order valence-electron chi connectivity index (χ3n) is 6.59. The molecule has 0 spiro atoms. The van der Waals surface area contributed by atoms with Crippen LogP contribution in [0.4, 0.5) is 0 Å². The predicted octanol–water partition coefficient (Wildman–Crippen LogP) is 3.04. The zero-order valence-electron chi connectivity index (χ0n) is 19.1. The van der Waals surface area contributed by atoms with E-state index >= 15 is 0 Å². The summed E-state index contributed by atoms with van der Waals surface area (Å²) in [4.78, 5) is 17.4. The molecule has 9 heteroatoms. The fourth-order valence-electron chi connectivity index (χ4n) is 4.80. The average Bonchev–Trinajstić information content (AvgIpc) is 3.54. The standard InChI is InChI=1S/C25H29N5O3S/c31-25(19-10-12-20(13-11-19)34(32,33)29-16-5-6-17-29)27-15-18-30-23-9-2-1-7-21(23)24(28-30)22-8-3-4-14-26-22/h3-4,8,10-14H,1-2,5-7,9,15-18H2,(H,27,31). The van der Waals surface area contributed by atoms with Gasteiger partial charge in [0.25, 0.3) is 5.91 Å². The van der Waals surface area contributed by atoms with Crippen molar-refractivity contribution in [1.29, 1.82) is 0 Å². The summed E-state index contributed by atoms with van der Waals surface area (Å²) in [5.74, 6) is -0.226. The number of fused-ring (bicyclic) bond motifs is 1. The van der Waals surface area contributed by atoms with Crippen LogP contribution in [0, 0.1) is 0 Å². The van der Waals surface area contributed by atoms with Gasteiger partial charge in [0.2, 0.25) is 10.0 Å². The number of nitrogens with zero attached hydrogens (tertiary/aromatic N) is 4. The summed E-state index contributed by atoms with van der Waals surface area (Å²) in [6.45, 7) is 2.12. The quantitative estimate of drug-likeness (QED) is 0.562. The Balaban J connectivity index is 1.24. The molecule has 0 saturated carbocycles. The largest absolute Gasteiger partial charge is 0.350 e. The lowest BCUT2D eigenvalue weighted by atomic mass is 9.95. The molecule has 1 N–H and O–H groups in total. The van der Waals surface area contributed by atoms with Crippen molar-refractivity contribution in [3.05, 3.63) is 65.5 Å². The number of amides is 1. The van der Waals surface area contributed by atoms with Crippen LogP contribution in [0.2, 0.25) is 0 Å². The summed E-state index contributed by atoms with van der Waals surface area (Å²) in [7, 11) is -3.48. The molecule has 0 atom stereocenters. The second kappa shape index (κ2) is 9.68. The second-order valence-electron chi connectivity index (χ2n) is 8.81. The molecule has 1 aliphatic heterocycles. The maximum Gasteiger partial charge on any atom is 0.251 e. The van der Waals surface area contributed by atoms with E-state index in [9.17, 15) is 13.2 Å². The number of rotatable bonds is 7. The van der Waals surface area contributed by atoms with Gasteiger partial charge in [-0.05, 0) is 74.9 Å². The van der Waals surface area contributed by atoms with Crippen molar-refractivity contribution in [2.45, 2.75) is 50.0 Å². The molecular formula is C25H29N5O3S. The Morgan fingerprint density at radius 2 is 1.74 bits per heavy atom. The summed E-state index contributed by atoms with van der Waals surface area (Å²) in [5, 5.41) is 7.78. The van der Waals surface area contributed by atoms with Crippen LogP contribution in [-0.2, 0) is 29.4 Å². The van der Waals surface area contributed by atoms with Crippen LogP contribution in [0.1, 0.15) is 47.3 Å². The molecule has 0 radical (unpaired) electrons. The van der Waals surface area contributed by atoms with Crippen molar-refractivity contribution in [3.8, 4) is 11.4 Å². The van der Waals surface area contributed by atoms with Gasteiger partial charge in [-0.3, -0.25) is 14.5 Å². The Labute approximate surface area is 200 Å². The number of carbonyl (C=O) groups excluding carboxylic acids is 1. The molecule has 2 aromatic heterocycles. The van der Waals surface area contributed by atoms with Gasteiger partial charge in [-0.15, -0.1) is 0 Å². The summed E-state index contributed by atoms with van der Waals surface area (Å²) in [6, 6.07) is 12.0. The lowest BCUT2D eigenvalue weighted by Gasteiger charge is -2.16. The molecule has 0 unspecified atom stereocenters. The molecule has 2 aliphatic rings. The van der Waals surface area contributed by atoms with Crippen molar-refractivity contribution in [2.75, 3.05) is 19.6 Å². The van der Waals surface area contributed by atoms with Crippen molar-refractivity contribution in [2.24, 2.45) is 0 Å². The van der Waals surface area contributed by atoms with E-state index in [1.165, 1.54) is 27.7 Å². The molecule has 1 saturated heterocycles. The summed E-state index contributed by atoms with van der Waals surface area (Å²) in [5.41, 5.74) is 4.77. The lowest BCUT2D eigenvalue weighted by molar-refractivity contribution is 0.0951. The Hall–Kier alpha value is -3.04. The maximum atomic E-state index is 12.7. The van der Waals surface area contributed by atoms with Crippen LogP contribution >= 0.6 is 0 Å². The highest BCUT2D eigenvalue weighted by atomic mass is 32.2. The number of benzene rings is 1. The van der Waals surface area contributed by atoms with E-state index in [1.807, 2.05) is 22.9 Å². The summed E-state index contributed by atoms with van der Waals surface area (Å²) >= 11 is 0. The number of nitrogens with one attached hydrogen (secondary N) is 1. The number of hydrogen-bond donors (Lipinski definition) is 1. The zero-order valence-corrected chi connectivity index (χ0v) is 19.9. The van der Waals surface area contributed by atoms with Crippen molar-refractivity contribution < 1.29 is 13.2 Å². The summed E-state index contributed by atoms with van der Waals surface area (Å²) < 4.78 is 28.9. The van der Waals surface area contributed by atoms with Crippen LogP contribution in [-0.4, -0.2) is 53.0 Å². The lowest BCUT2D eigenvalue weighted by Crippen LogP contribution is -2.29. The molecule has 178 valence electrons. The van der Waals surface area contributed by atoms with Crippen LogP contribution in [0.5, 0.6) is 0 Å². The van der Waals surface area contributed by atoms with E-state index < -0.39 is 10.0 Å². The van der Waals surface area contributed by atoms with E-state index in [2.05, 4.69) is 10.3 Å². The second-order valence-corrected chi connectivity index (χ2v) is 10.7. The highest BCUT2D eigenvalue weighted by Crippen LogP contribution is 2.30. The summed E-state index contributed by atoms with van der Waals surface area (Å²) in [6.07, 6.45) is 7.84. The Bertz CT molecular complexity index is 1260. The third-order valence-corrected chi connectivity index (χ3v) is 8.51. The van der Waals surface area contributed by atoms with E-state index in [0.717, 1.165) is 49.9 Å². The van der Waals surface area contributed by atoms with Gasteiger partial charge in [-0.2, -0.15) is 9.40 Å². The minimum Gasteiger partial charge on any atom is -0.350 e. The number of aromatic nitrogens is 3.